The number of benzene rings is 1. The van der Waals surface area contributed by atoms with Crippen LogP contribution in [0.25, 0.3) is 0 Å². The fourth-order valence-corrected chi connectivity index (χ4v) is 1.48. The van der Waals surface area contributed by atoms with Gasteiger partial charge in [-0.2, -0.15) is 0 Å². The van der Waals surface area contributed by atoms with Crippen LogP contribution in [0.15, 0.2) is 36.0 Å². The first-order valence-corrected chi connectivity index (χ1v) is 5.13. The molecule has 2 nitrogen and oxygen atoms in total. The lowest BCUT2D eigenvalue weighted by Gasteiger charge is -2.02. The summed E-state index contributed by atoms with van der Waals surface area (Å²) in [5.41, 5.74) is 1.66. The Hall–Kier alpha value is -1.28. The van der Waals surface area contributed by atoms with E-state index in [9.17, 15) is 4.79 Å². The standard InChI is InChI=1S/C12H14ClNO/c1-9(8-14-2)12(15)7-10-4-3-5-11(13)6-10/h3-6,8,14H,7H2,1-2H3. The molecule has 0 unspecified atom stereocenters. The molecule has 3 heteroatoms. The van der Waals surface area contributed by atoms with Gasteiger partial charge >= 0.3 is 0 Å². The Balaban J connectivity index is 2.70. The molecule has 80 valence electrons. The van der Waals surface area contributed by atoms with Crippen LogP contribution in [0.3, 0.4) is 0 Å². The molecule has 0 spiro atoms. The van der Waals surface area contributed by atoms with Gasteiger partial charge in [0.2, 0.25) is 0 Å². The number of carbonyl (C=O) groups excluding carboxylic acids is 1. The van der Waals surface area contributed by atoms with Crippen LogP contribution in [0.5, 0.6) is 0 Å². The molecule has 0 fully saturated rings. The van der Waals surface area contributed by atoms with Crippen LogP contribution >= 0.6 is 11.6 Å². The van der Waals surface area contributed by atoms with Gasteiger partial charge in [0.1, 0.15) is 0 Å². The predicted molar refractivity (Wildman–Crippen MR) is 63.0 cm³/mol. The third-order valence-corrected chi connectivity index (χ3v) is 2.29. The molecule has 0 aromatic heterocycles. The summed E-state index contributed by atoms with van der Waals surface area (Å²) in [7, 11) is 1.77. The molecule has 0 radical (unpaired) electrons. The Morgan fingerprint density at radius 3 is 2.87 bits per heavy atom. The van der Waals surface area contributed by atoms with Crippen molar-refractivity contribution in [3.63, 3.8) is 0 Å². The minimum atomic E-state index is 0.103. The van der Waals surface area contributed by atoms with Crippen molar-refractivity contribution in [3.05, 3.63) is 46.6 Å². The van der Waals surface area contributed by atoms with Gasteiger partial charge in [0.25, 0.3) is 0 Å². The summed E-state index contributed by atoms with van der Waals surface area (Å²) in [6, 6.07) is 7.36. The van der Waals surface area contributed by atoms with E-state index in [1.807, 2.05) is 18.2 Å². The van der Waals surface area contributed by atoms with E-state index in [0.29, 0.717) is 11.4 Å². The third kappa shape index (κ3) is 3.76. The van der Waals surface area contributed by atoms with Crippen molar-refractivity contribution in [1.29, 1.82) is 0 Å². The average molecular weight is 224 g/mol. The van der Waals surface area contributed by atoms with Gasteiger partial charge in [-0.1, -0.05) is 23.7 Å². The molecular weight excluding hydrogens is 210 g/mol. The number of halogens is 1. The molecule has 15 heavy (non-hydrogen) atoms. The number of allylic oxidation sites excluding steroid dienone is 1. The monoisotopic (exact) mass is 223 g/mol. The first-order chi connectivity index (χ1) is 7.13. The third-order valence-electron chi connectivity index (χ3n) is 2.05. The van der Waals surface area contributed by atoms with E-state index < -0.39 is 0 Å². The van der Waals surface area contributed by atoms with E-state index in [4.69, 9.17) is 11.6 Å². The lowest BCUT2D eigenvalue weighted by atomic mass is 10.1. The van der Waals surface area contributed by atoms with Crippen LogP contribution in [0, 0.1) is 0 Å². The SMILES string of the molecule is CNC=C(C)C(=O)Cc1cccc(Cl)c1. The fraction of sp³-hybridized carbons (Fsp3) is 0.250. The van der Waals surface area contributed by atoms with Crippen molar-refractivity contribution in [2.75, 3.05) is 7.05 Å². The van der Waals surface area contributed by atoms with Crippen molar-refractivity contribution >= 4 is 17.4 Å². The van der Waals surface area contributed by atoms with E-state index >= 15 is 0 Å². The van der Waals surface area contributed by atoms with Crippen LogP contribution in [-0.4, -0.2) is 12.8 Å². The minimum Gasteiger partial charge on any atom is -0.394 e. The second kappa shape index (κ2) is 5.56. The van der Waals surface area contributed by atoms with Gasteiger partial charge in [0, 0.05) is 30.3 Å². The number of nitrogens with one attached hydrogen (secondary N) is 1. The van der Waals surface area contributed by atoms with Gasteiger partial charge < -0.3 is 5.32 Å². The second-order valence-electron chi connectivity index (χ2n) is 3.35. The van der Waals surface area contributed by atoms with Crippen LogP contribution in [-0.2, 0) is 11.2 Å². The molecule has 0 atom stereocenters. The smallest absolute Gasteiger partial charge is 0.164 e. The van der Waals surface area contributed by atoms with Crippen LogP contribution in [0.4, 0.5) is 0 Å². The van der Waals surface area contributed by atoms with Gasteiger partial charge in [0.05, 0.1) is 0 Å². The Bertz CT molecular complexity index is 385. The minimum absolute atomic E-state index is 0.103. The van der Waals surface area contributed by atoms with Gasteiger partial charge in [-0.15, -0.1) is 0 Å². The molecule has 0 amide bonds. The summed E-state index contributed by atoms with van der Waals surface area (Å²) < 4.78 is 0. The fourth-order valence-electron chi connectivity index (χ4n) is 1.27. The summed E-state index contributed by atoms with van der Waals surface area (Å²) in [6.07, 6.45) is 2.09. The zero-order valence-corrected chi connectivity index (χ0v) is 9.64. The summed E-state index contributed by atoms with van der Waals surface area (Å²) in [6.45, 7) is 1.80. The number of hydrogen-bond acceptors (Lipinski definition) is 2. The van der Waals surface area contributed by atoms with E-state index in [-0.39, 0.29) is 5.78 Å². The van der Waals surface area contributed by atoms with Gasteiger partial charge in [-0.05, 0) is 24.6 Å². The number of carbonyl (C=O) groups is 1. The number of rotatable bonds is 4. The summed E-state index contributed by atoms with van der Waals surface area (Å²) >= 11 is 5.83. The zero-order chi connectivity index (χ0) is 11.3. The van der Waals surface area contributed by atoms with Gasteiger partial charge in [-0.25, -0.2) is 0 Å². The normalized spacial score (nSPS) is 11.3. The maximum atomic E-state index is 11.7. The molecule has 1 rings (SSSR count). The number of ketones is 1. The molecule has 0 saturated carbocycles. The summed E-state index contributed by atoms with van der Waals surface area (Å²) in [5.74, 6) is 0.103. The van der Waals surface area contributed by atoms with Gasteiger partial charge in [-0.3, -0.25) is 4.79 Å². The van der Waals surface area contributed by atoms with E-state index in [1.54, 1.807) is 26.2 Å². The van der Waals surface area contributed by atoms with E-state index in [2.05, 4.69) is 5.32 Å². The highest BCUT2D eigenvalue weighted by molar-refractivity contribution is 6.30. The van der Waals surface area contributed by atoms with E-state index in [1.165, 1.54) is 0 Å². The van der Waals surface area contributed by atoms with Gasteiger partial charge in [0.15, 0.2) is 5.78 Å². The molecule has 0 aliphatic carbocycles. The van der Waals surface area contributed by atoms with Crippen molar-refractivity contribution in [1.82, 2.24) is 5.32 Å². The molecular formula is C12H14ClNO. The molecule has 0 saturated heterocycles. The highest BCUT2D eigenvalue weighted by Crippen LogP contribution is 2.12. The Labute approximate surface area is 94.9 Å². The number of Topliss-reactive ketones (excluding diaryl/α,β-unsaturated/α-hetero) is 1. The molecule has 0 bridgehead atoms. The van der Waals surface area contributed by atoms with Crippen molar-refractivity contribution in [2.24, 2.45) is 0 Å². The highest BCUT2D eigenvalue weighted by Gasteiger charge is 2.05. The highest BCUT2D eigenvalue weighted by atomic mass is 35.5. The maximum Gasteiger partial charge on any atom is 0.164 e. The Morgan fingerprint density at radius 2 is 2.27 bits per heavy atom. The van der Waals surface area contributed by atoms with Crippen molar-refractivity contribution in [2.45, 2.75) is 13.3 Å². The molecule has 1 aromatic carbocycles. The molecule has 1 N–H and O–H groups in total. The van der Waals surface area contributed by atoms with Crippen LogP contribution in [0.2, 0.25) is 5.02 Å². The van der Waals surface area contributed by atoms with Crippen LogP contribution < -0.4 is 5.32 Å². The predicted octanol–water partition coefficient (Wildman–Crippen LogP) is 2.57. The lowest BCUT2D eigenvalue weighted by molar-refractivity contribution is -0.114. The quantitative estimate of drug-likeness (QED) is 0.795. The first-order valence-electron chi connectivity index (χ1n) is 4.75. The molecule has 1 aromatic rings. The lowest BCUT2D eigenvalue weighted by Crippen LogP contribution is -2.07. The largest absolute Gasteiger partial charge is 0.394 e. The Morgan fingerprint density at radius 1 is 1.53 bits per heavy atom. The second-order valence-corrected chi connectivity index (χ2v) is 3.78. The topological polar surface area (TPSA) is 29.1 Å². The van der Waals surface area contributed by atoms with Crippen molar-refractivity contribution in [3.8, 4) is 0 Å². The summed E-state index contributed by atoms with van der Waals surface area (Å²) in [4.78, 5) is 11.7. The van der Waals surface area contributed by atoms with E-state index in [0.717, 1.165) is 11.1 Å². The van der Waals surface area contributed by atoms with Crippen LogP contribution in [0.1, 0.15) is 12.5 Å². The molecule has 0 heterocycles. The average Bonchev–Trinajstić information content (AvgIpc) is 2.18. The molecule has 0 aliphatic heterocycles. The number of hydrogen-bond donors (Lipinski definition) is 1. The summed E-state index contributed by atoms with van der Waals surface area (Å²) in [5, 5.41) is 3.50. The zero-order valence-electron chi connectivity index (χ0n) is 8.88. The van der Waals surface area contributed by atoms with Crippen molar-refractivity contribution < 1.29 is 4.79 Å². The maximum absolute atomic E-state index is 11.7. The first kappa shape index (κ1) is 11.8. The molecule has 0 aliphatic rings. The Kier molecular flexibility index (Phi) is 4.37.